The minimum absolute atomic E-state index is 0.493. The van der Waals surface area contributed by atoms with E-state index in [-0.39, 0.29) is 0 Å². The van der Waals surface area contributed by atoms with Crippen LogP contribution in [0, 0.1) is 11.8 Å². The number of guanidine groups is 1. The van der Waals surface area contributed by atoms with Crippen molar-refractivity contribution in [2.24, 2.45) is 16.8 Å². The Hall–Kier alpha value is -1.51. The maximum atomic E-state index is 4.45. The van der Waals surface area contributed by atoms with Crippen molar-refractivity contribution in [3.63, 3.8) is 0 Å². The number of hydrogen-bond donors (Lipinski definition) is 2. The van der Waals surface area contributed by atoms with Crippen LogP contribution in [0.15, 0.2) is 29.3 Å². The number of nitrogens with one attached hydrogen (secondary N) is 2. The highest BCUT2D eigenvalue weighted by Gasteiger charge is 2.54. The van der Waals surface area contributed by atoms with Gasteiger partial charge in [-0.1, -0.05) is 24.3 Å². The quantitative estimate of drug-likeness (QED) is 0.823. The van der Waals surface area contributed by atoms with Crippen molar-refractivity contribution in [2.45, 2.75) is 25.3 Å². The van der Waals surface area contributed by atoms with Crippen molar-refractivity contribution in [1.82, 2.24) is 10.6 Å². The van der Waals surface area contributed by atoms with Crippen LogP contribution in [0.1, 0.15) is 24.0 Å². The largest absolute Gasteiger partial charge is 0.356 e. The lowest BCUT2D eigenvalue weighted by Crippen LogP contribution is -2.38. The Balaban J connectivity index is 1.38. The zero-order valence-corrected chi connectivity index (χ0v) is 10.7. The van der Waals surface area contributed by atoms with Crippen molar-refractivity contribution in [2.75, 3.05) is 13.1 Å². The summed E-state index contributed by atoms with van der Waals surface area (Å²) in [4.78, 5) is 4.45. The Morgan fingerprint density at radius 1 is 1.39 bits per heavy atom. The molecule has 1 aromatic carbocycles. The van der Waals surface area contributed by atoms with Gasteiger partial charge in [0.1, 0.15) is 0 Å². The highest BCUT2D eigenvalue weighted by molar-refractivity contribution is 5.81. The number of hydrogen-bond acceptors (Lipinski definition) is 3. The lowest BCUT2D eigenvalue weighted by atomic mass is 10.0. The molecule has 0 aromatic heterocycles. The van der Waals surface area contributed by atoms with E-state index in [1.807, 2.05) is 0 Å². The number of rotatable bonds is 2. The molecule has 1 aromatic rings. The van der Waals surface area contributed by atoms with Crippen LogP contribution in [-0.4, -0.2) is 25.1 Å². The number of nitrogens with zero attached hydrogens (tertiary/aromatic N) is 1. The normalized spacial score (nSPS) is 35.5. The van der Waals surface area contributed by atoms with Crippen LogP contribution < -0.4 is 10.6 Å². The molecule has 0 saturated heterocycles. The zero-order chi connectivity index (χ0) is 12.1. The molecule has 0 radical (unpaired) electrons. The first-order chi connectivity index (χ1) is 8.83. The molecule has 2 aliphatic carbocycles. The Morgan fingerprint density at radius 3 is 3.11 bits per heavy atom. The third kappa shape index (κ3) is 1.53. The molecule has 3 aliphatic rings. The second-order valence-electron chi connectivity index (χ2n) is 5.87. The van der Waals surface area contributed by atoms with Gasteiger partial charge in [-0.25, -0.2) is 0 Å². The van der Waals surface area contributed by atoms with Crippen LogP contribution >= 0.6 is 0 Å². The topological polar surface area (TPSA) is 36.4 Å². The monoisotopic (exact) mass is 241 g/mol. The smallest absolute Gasteiger partial charge is 0.191 e. The van der Waals surface area contributed by atoms with Gasteiger partial charge < -0.3 is 10.6 Å². The second kappa shape index (κ2) is 3.74. The summed E-state index contributed by atoms with van der Waals surface area (Å²) < 4.78 is 0. The van der Waals surface area contributed by atoms with Crippen LogP contribution in [-0.2, 0) is 6.42 Å². The van der Waals surface area contributed by atoms with Crippen LogP contribution in [0.3, 0.4) is 0 Å². The van der Waals surface area contributed by atoms with E-state index in [9.17, 15) is 0 Å². The summed E-state index contributed by atoms with van der Waals surface area (Å²) >= 11 is 0. The van der Waals surface area contributed by atoms with Crippen LogP contribution in [0.4, 0.5) is 0 Å². The molecule has 1 aliphatic heterocycles. The molecule has 1 saturated carbocycles. The van der Waals surface area contributed by atoms with Crippen molar-refractivity contribution in [3.8, 4) is 0 Å². The van der Waals surface area contributed by atoms with Crippen molar-refractivity contribution in [1.29, 1.82) is 0 Å². The highest BCUT2D eigenvalue weighted by atomic mass is 15.2. The molecule has 2 N–H and O–H groups in total. The summed E-state index contributed by atoms with van der Waals surface area (Å²) in [6, 6.07) is 9.43. The third-order valence-electron chi connectivity index (χ3n) is 4.61. The van der Waals surface area contributed by atoms with E-state index in [0.717, 1.165) is 36.8 Å². The van der Waals surface area contributed by atoms with E-state index < -0.39 is 0 Å². The SMILES string of the molecule is CC1CN=C(NCC2C3Cc4ccccc4C23)N1. The van der Waals surface area contributed by atoms with E-state index in [4.69, 9.17) is 0 Å². The summed E-state index contributed by atoms with van der Waals surface area (Å²) in [5.74, 6) is 3.52. The van der Waals surface area contributed by atoms with Gasteiger partial charge in [0.25, 0.3) is 0 Å². The van der Waals surface area contributed by atoms with E-state index in [2.05, 4.69) is 46.8 Å². The fraction of sp³-hybridized carbons (Fsp3) is 0.533. The van der Waals surface area contributed by atoms with Gasteiger partial charge in [0.15, 0.2) is 5.96 Å². The zero-order valence-electron chi connectivity index (χ0n) is 10.7. The average Bonchev–Trinajstić information content (AvgIpc) is 2.74. The maximum absolute atomic E-state index is 4.45. The summed E-state index contributed by atoms with van der Waals surface area (Å²) in [5.41, 5.74) is 3.18. The number of fused-ring (bicyclic) bond motifs is 3. The molecule has 1 heterocycles. The molecule has 4 unspecified atom stereocenters. The summed E-state index contributed by atoms with van der Waals surface area (Å²) in [6.07, 6.45) is 1.28. The first-order valence-corrected chi connectivity index (χ1v) is 6.95. The minimum Gasteiger partial charge on any atom is -0.356 e. The predicted molar refractivity (Wildman–Crippen MR) is 72.8 cm³/mol. The fourth-order valence-corrected chi connectivity index (χ4v) is 3.64. The van der Waals surface area contributed by atoms with Crippen LogP contribution in [0.25, 0.3) is 0 Å². The van der Waals surface area contributed by atoms with Crippen LogP contribution in [0.5, 0.6) is 0 Å². The molecular formula is C15H19N3. The van der Waals surface area contributed by atoms with Gasteiger partial charge in [-0.15, -0.1) is 0 Å². The molecule has 3 heteroatoms. The van der Waals surface area contributed by atoms with Gasteiger partial charge in [0, 0.05) is 12.6 Å². The molecule has 18 heavy (non-hydrogen) atoms. The molecule has 3 nitrogen and oxygen atoms in total. The van der Waals surface area contributed by atoms with Crippen molar-refractivity contribution < 1.29 is 0 Å². The van der Waals surface area contributed by atoms with Crippen molar-refractivity contribution in [3.05, 3.63) is 35.4 Å². The molecule has 0 spiro atoms. The van der Waals surface area contributed by atoms with E-state index in [1.54, 1.807) is 11.1 Å². The lowest BCUT2D eigenvalue weighted by Gasteiger charge is -2.11. The van der Waals surface area contributed by atoms with Gasteiger partial charge in [0.2, 0.25) is 0 Å². The van der Waals surface area contributed by atoms with Gasteiger partial charge in [-0.05, 0) is 42.2 Å². The fourth-order valence-electron chi connectivity index (χ4n) is 3.64. The first-order valence-electron chi connectivity index (χ1n) is 6.95. The van der Waals surface area contributed by atoms with Gasteiger partial charge in [-0.2, -0.15) is 0 Å². The summed E-state index contributed by atoms with van der Waals surface area (Å²) in [5, 5.41) is 6.83. The molecular weight excluding hydrogens is 222 g/mol. The predicted octanol–water partition coefficient (Wildman–Crippen LogP) is 1.51. The van der Waals surface area contributed by atoms with Crippen molar-refractivity contribution >= 4 is 5.96 Å². The molecule has 0 bridgehead atoms. The first kappa shape index (κ1) is 10.4. The summed E-state index contributed by atoms with van der Waals surface area (Å²) in [6.45, 7) is 4.14. The lowest BCUT2D eigenvalue weighted by molar-refractivity contribution is 0.652. The van der Waals surface area contributed by atoms with Gasteiger partial charge >= 0.3 is 0 Å². The molecule has 4 atom stereocenters. The summed E-state index contributed by atoms with van der Waals surface area (Å²) in [7, 11) is 0. The van der Waals surface area contributed by atoms with E-state index >= 15 is 0 Å². The Bertz CT molecular complexity index is 508. The Labute approximate surface area is 108 Å². The Morgan fingerprint density at radius 2 is 2.28 bits per heavy atom. The average molecular weight is 241 g/mol. The molecule has 94 valence electrons. The van der Waals surface area contributed by atoms with E-state index in [1.165, 1.54) is 6.42 Å². The molecule has 4 rings (SSSR count). The standard InChI is InChI=1S/C15H19N3/c1-9-7-16-15(18-9)17-8-13-12-6-10-4-2-3-5-11(10)14(12)13/h2-5,9,12-14H,6-8H2,1H3,(H2,16,17,18). The third-order valence-corrected chi connectivity index (χ3v) is 4.61. The number of benzene rings is 1. The van der Waals surface area contributed by atoms with E-state index in [0.29, 0.717) is 6.04 Å². The second-order valence-corrected chi connectivity index (χ2v) is 5.87. The Kier molecular flexibility index (Phi) is 2.16. The minimum atomic E-state index is 0.493. The van der Waals surface area contributed by atoms with Gasteiger partial charge in [0.05, 0.1) is 6.54 Å². The highest BCUT2D eigenvalue weighted by Crippen LogP contribution is 2.60. The molecule has 1 fully saturated rings. The maximum Gasteiger partial charge on any atom is 0.191 e. The van der Waals surface area contributed by atoms with Crippen LogP contribution in [0.2, 0.25) is 0 Å². The molecule has 0 amide bonds. The van der Waals surface area contributed by atoms with Gasteiger partial charge in [-0.3, -0.25) is 4.99 Å². The number of aliphatic imine (C=N–C) groups is 1.